The highest BCUT2D eigenvalue weighted by atomic mass is 19.1. The van der Waals surface area contributed by atoms with Gasteiger partial charge >= 0.3 is 0 Å². The molecule has 6 nitrogen and oxygen atoms in total. The summed E-state index contributed by atoms with van der Waals surface area (Å²) in [5, 5.41) is 0. The topological polar surface area (TPSA) is 89.7 Å². The van der Waals surface area contributed by atoms with Gasteiger partial charge in [-0.3, -0.25) is 0 Å². The predicted octanol–water partition coefficient (Wildman–Crippen LogP) is 1.75. The molecule has 0 aliphatic rings. The molecule has 3 rings (SSSR count). The summed E-state index contributed by atoms with van der Waals surface area (Å²) in [6.07, 6.45) is 1.32. The van der Waals surface area contributed by atoms with Gasteiger partial charge in [0, 0.05) is 0 Å². The molecule has 19 heavy (non-hydrogen) atoms. The van der Waals surface area contributed by atoms with Crippen molar-refractivity contribution in [3.63, 3.8) is 0 Å². The number of methoxy groups -OCH3 is 1. The Labute approximate surface area is 107 Å². The van der Waals surface area contributed by atoms with E-state index < -0.39 is 0 Å². The second-order valence-corrected chi connectivity index (χ2v) is 3.89. The van der Waals surface area contributed by atoms with Crippen molar-refractivity contribution in [2.45, 2.75) is 0 Å². The van der Waals surface area contributed by atoms with Crippen LogP contribution in [0.25, 0.3) is 22.6 Å². The SMILES string of the molecule is COc1ccc(F)cc1-c1nc2ncnc(N)c2[nH]1. The first kappa shape index (κ1) is 11.4. The lowest BCUT2D eigenvalue weighted by molar-refractivity contribution is 0.415. The highest BCUT2D eigenvalue weighted by Crippen LogP contribution is 2.30. The van der Waals surface area contributed by atoms with E-state index in [1.165, 1.54) is 31.6 Å². The summed E-state index contributed by atoms with van der Waals surface area (Å²) in [5.41, 5.74) is 7.16. The maximum Gasteiger partial charge on any atom is 0.183 e. The van der Waals surface area contributed by atoms with Crippen LogP contribution < -0.4 is 10.5 Å². The number of fused-ring (bicyclic) bond motifs is 1. The number of rotatable bonds is 2. The number of aromatic amines is 1. The summed E-state index contributed by atoms with van der Waals surface area (Å²) >= 11 is 0. The molecule has 0 aliphatic carbocycles. The molecule has 0 bridgehead atoms. The summed E-state index contributed by atoms with van der Waals surface area (Å²) in [7, 11) is 1.51. The molecule has 0 amide bonds. The first-order valence-electron chi connectivity index (χ1n) is 5.49. The van der Waals surface area contributed by atoms with Gasteiger partial charge in [-0.1, -0.05) is 0 Å². The van der Waals surface area contributed by atoms with Crippen LogP contribution >= 0.6 is 0 Å². The highest BCUT2D eigenvalue weighted by molar-refractivity contribution is 5.84. The maximum atomic E-state index is 13.4. The Morgan fingerprint density at radius 3 is 2.89 bits per heavy atom. The fourth-order valence-electron chi connectivity index (χ4n) is 1.84. The average Bonchev–Trinajstić information content (AvgIpc) is 2.84. The summed E-state index contributed by atoms with van der Waals surface area (Å²) in [6.45, 7) is 0. The van der Waals surface area contributed by atoms with Crippen molar-refractivity contribution in [1.29, 1.82) is 0 Å². The lowest BCUT2D eigenvalue weighted by atomic mass is 10.2. The van der Waals surface area contributed by atoms with E-state index in [9.17, 15) is 4.39 Å². The number of imidazole rings is 1. The molecule has 0 saturated carbocycles. The van der Waals surface area contributed by atoms with Crippen molar-refractivity contribution in [2.24, 2.45) is 0 Å². The molecule has 0 radical (unpaired) electrons. The second-order valence-electron chi connectivity index (χ2n) is 3.89. The molecule has 2 aromatic heterocycles. The van der Waals surface area contributed by atoms with Gasteiger partial charge < -0.3 is 15.5 Å². The van der Waals surface area contributed by atoms with E-state index in [-0.39, 0.29) is 5.82 Å². The van der Waals surface area contributed by atoms with Gasteiger partial charge in [0.25, 0.3) is 0 Å². The van der Waals surface area contributed by atoms with Crippen LogP contribution in [0.5, 0.6) is 5.75 Å². The van der Waals surface area contributed by atoms with Crippen LogP contribution in [0.3, 0.4) is 0 Å². The summed E-state index contributed by atoms with van der Waals surface area (Å²) in [6, 6.07) is 4.19. The van der Waals surface area contributed by atoms with Crippen molar-refractivity contribution >= 4 is 17.0 Å². The average molecular weight is 259 g/mol. The first-order valence-corrected chi connectivity index (χ1v) is 5.49. The minimum atomic E-state index is -0.379. The Bertz CT molecular complexity index is 755. The van der Waals surface area contributed by atoms with Gasteiger partial charge in [-0.2, -0.15) is 0 Å². The van der Waals surface area contributed by atoms with Crippen molar-refractivity contribution in [1.82, 2.24) is 19.9 Å². The lowest BCUT2D eigenvalue weighted by Crippen LogP contribution is -1.92. The number of hydrogen-bond donors (Lipinski definition) is 2. The molecule has 0 saturated heterocycles. The highest BCUT2D eigenvalue weighted by Gasteiger charge is 2.13. The van der Waals surface area contributed by atoms with Crippen LogP contribution in [0.2, 0.25) is 0 Å². The van der Waals surface area contributed by atoms with E-state index in [2.05, 4.69) is 19.9 Å². The van der Waals surface area contributed by atoms with E-state index in [1.54, 1.807) is 0 Å². The molecule has 0 aliphatic heterocycles. The third-order valence-electron chi connectivity index (χ3n) is 2.73. The minimum Gasteiger partial charge on any atom is -0.496 e. The smallest absolute Gasteiger partial charge is 0.183 e. The van der Waals surface area contributed by atoms with Crippen LogP contribution in [0.4, 0.5) is 10.2 Å². The van der Waals surface area contributed by atoms with Gasteiger partial charge in [0.2, 0.25) is 0 Å². The zero-order chi connectivity index (χ0) is 13.4. The molecule has 96 valence electrons. The van der Waals surface area contributed by atoms with E-state index in [1.807, 2.05) is 0 Å². The van der Waals surface area contributed by atoms with E-state index >= 15 is 0 Å². The summed E-state index contributed by atoms with van der Waals surface area (Å²) in [5.74, 6) is 0.847. The maximum absolute atomic E-state index is 13.4. The number of nitrogen functional groups attached to an aromatic ring is 1. The third-order valence-corrected chi connectivity index (χ3v) is 2.73. The van der Waals surface area contributed by atoms with Crippen LogP contribution in [0, 0.1) is 5.82 Å². The zero-order valence-electron chi connectivity index (χ0n) is 10.0. The number of anilines is 1. The van der Waals surface area contributed by atoms with Crippen LogP contribution in [0.15, 0.2) is 24.5 Å². The molecular formula is C12H10FN5O. The number of halogens is 1. The number of nitrogens with zero attached hydrogens (tertiary/aromatic N) is 3. The van der Waals surface area contributed by atoms with E-state index in [4.69, 9.17) is 10.5 Å². The molecule has 3 N–H and O–H groups in total. The van der Waals surface area contributed by atoms with Crippen molar-refractivity contribution in [2.75, 3.05) is 12.8 Å². The molecule has 0 atom stereocenters. The molecule has 2 heterocycles. The number of ether oxygens (including phenoxy) is 1. The minimum absolute atomic E-state index is 0.291. The number of nitrogens with two attached hydrogens (primary N) is 1. The van der Waals surface area contributed by atoms with Crippen LogP contribution in [-0.4, -0.2) is 27.0 Å². The Balaban J connectivity index is 2.24. The van der Waals surface area contributed by atoms with Gasteiger partial charge in [-0.15, -0.1) is 0 Å². The number of benzene rings is 1. The summed E-state index contributed by atoms with van der Waals surface area (Å²) in [4.78, 5) is 15.1. The van der Waals surface area contributed by atoms with Crippen molar-refractivity contribution in [3.05, 3.63) is 30.3 Å². The molecular weight excluding hydrogens is 249 g/mol. The van der Waals surface area contributed by atoms with Gasteiger partial charge in [-0.25, -0.2) is 19.3 Å². The number of nitrogens with one attached hydrogen (secondary N) is 1. The fourth-order valence-corrected chi connectivity index (χ4v) is 1.84. The standard InChI is InChI=1S/C12H10FN5O/c1-19-8-3-2-6(13)4-7(8)11-17-9-10(14)15-5-16-12(9)18-11/h2-5H,1H3,(H3,14,15,16,17,18). The van der Waals surface area contributed by atoms with Gasteiger partial charge in [0.15, 0.2) is 11.5 Å². The largest absolute Gasteiger partial charge is 0.496 e. The van der Waals surface area contributed by atoms with E-state index in [0.29, 0.717) is 34.1 Å². The van der Waals surface area contributed by atoms with Gasteiger partial charge in [0.05, 0.1) is 12.7 Å². The Morgan fingerprint density at radius 1 is 1.32 bits per heavy atom. The molecule has 7 heteroatoms. The van der Waals surface area contributed by atoms with Crippen LogP contribution in [-0.2, 0) is 0 Å². The van der Waals surface area contributed by atoms with Crippen molar-refractivity contribution < 1.29 is 9.13 Å². The zero-order valence-corrected chi connectivity index (χ0v) is 10.0. The molecule has 1 aromatic carbocycles. The number of aromatic nitrogens is 4. The van der Waals surface area contributed by atoms with Gasteiger partial charge in [-0.05, 0) is 18.2 Å². The number of hydrogen-bond acceptors (Lipinski definition) is 5. The third kappa shape index (κ3) is 1.85. The number of H-pyrrole nitrogens is 1. The normalized spacial score (nSPS) is 10.8. The monoisotopic (exact) mass is 259 g/mol. The fraction of sp³-hybridized carbons (Fsp3) is 0.0833. The second kappa shape index (κ2) is 4.20. The lowest BCUT2D eigenvalue weighted by Gasteiger charge is -2.05. The predicted molar refractivity (Wildman–Crippen MR) is 68.0 cm³/mol. The first-order chi connectivity index (χ1) is 9.19. The summed E-state index contributed by atoms with van der Waals surface area (Å²) < 4.78 is 18.5. The molecule has 0 unspecified atom stereocenters. The van der Waals surface area contributed by atoms with Gasteiger partial charge in [0.1, 0.15) is 29.2 Å². The molecule has 0 spiro atoms. The Kier molecular flexibility index (Phi) is 2.52. The van der Waals surface area contributed by atoms with E-state index in [0.717, 1.165) is 0 Å². The van der Waals surface area contributed by atoms with Crippen molar-refractivity contribution in [3.8, 4) is 17.1 Å². The molecule has 3 aromatic rings. The Morgan fingerprint density at radius 2 is 2.16 bits per heavy atom. The van der Waals surface area contributed by atoms with Crippen LogP contribution in [0.1, 0.15) is 0 Å². The molecule has 0 fully saturated rings. The quantitative estimate of drug-likeness (QED) is 0.731. The Hall–Kier alpha value is -2.70.